The number of pyridine rings is 1. The number of nitrogens with two attached hydrogens (primary N) is 1. The molecular weight excluding hydrogens is 313 g/mol. The monoisotopic (exact) mass is 330 g/mol. The zero-order chi connectivity index (χ0) is 17.0. The van der Waals surface area contributed by atoms with E-state index in [9.17, 15) is 13.2 Å². The Hall–Kier alpha value is -2.29. The molecule has 126 valence electrons. The highest BCUT2D eigenvalue weighted by Gasteiger charge is 2.38. The quantitative estimate of drug-likeness (QED) is 0.878. The zero-order valence-electron chi connectivity index (χ0n) is 12.7. The summed E-state index contributed by atoms with van der Waals surface area (Å²) in [6.07, 6.45) is -2.95. The molecule has 0 amide bonds. The minimum atomic E-state index is -4.52. The SMILES string of the molecule is COc1c(C)c(C(F)(F)F)nn1CCOc1ccc(CN)cn1. The lowest BCUT2D eigenvalue weighted by atomic mass is 10.2. The molecule has 2 aromatic rings. The van der Waals surface area contributed by atoms with Gasteiger partial charge in [-0.15, -0.1) is 0 Å². The van der Waals surface area contributed by atoms with E-state index in [1.165, 1.54) is 14.0 Å². The van der Waals surface area contributed by atoms with Gasteiger partial charge in [0.15, 0.2) is 5.69 Å². The third-order valence-corrected chi connectivity index (χ3v) is 3.18. The van der Waals surface area contributed by atoms with E-state index in [0.29, 0.717) is 12.4 Å². The van der Waals surface area contributed by atoms with E-state index in [1.807, 2.05) is 0 Å². The molecule has 0 saturated carbocycles. The first-order chi connectivity index (χ1) is 10.9. The van der Waals surface area contributed by atoms with Gasteiger partial charge < -0.3 is 15.2 Å². The summed E-state index contributed by atoms with van der Waals surface area (Å²) in [4.78, 5) is 4.04. The van der Waals surface area contributed by atoms with Gasteiger partial charge in [0, 0.05) is 24.4 Å². The minimum Gasteiger partial charge on any atom is -0.481 e. The zero-order valence-corrected chi connectivity index (χ0v) is 12.7. The molecule has 0 atom stereocenters. The fourth-order valence-corrected chi connectivity index (χ4v) is 2.07. The summed E-state index contributed by atoms with van der Waals surface area (Å²) in [6.45, 7) is 1.89. The molecule has 2 heterocycles. The van der Waals surface area contributed by atoms with Crippen molar-refractivity contribution in [3.8, 4) is 11.8 Å². The molecule has 0 aliphatic rings. The summed E-state index contributed by atoms with van der Waals surface area (Å²) in [5.41, 5.74) is 5.31. The molecule has 0 saturated heterocycles. The van der Waals surface area contributed by atoms with Crippen LogP contribution in [0.5, 0.6) is 11.8 Å². The summed E-state index contributed by atoms with van der Waals surface area (Å²) >= 11 is 0. The van der Waals surface area contributed by atoms with E-state index in [0.717, 1.165) is 10.2 Å². The number of rotatable bonds is 6. The molecule has 0 radical (unpaired) electrons. The first-order valence-corrected chi connectivity index (χ1v) is 6.83. The Bertz CT molecular complexity index is 653. The maximum atomic E-state index is 12.9. The maximum absolute atomic E-state index is 12.9. The van der Waals surface area contributed by atoms with Gasteiger partial charge in [0.1, 0.15) is 6.61 Å². The van der Waals surface area contributed by atoms with Gasteiger partial charge in [0.05, 0.1) is 13.7 Å². The molecule has 2 rings (SSSR count). The number of aromatic nitrogens is 3. The topological polar surface area (TPSA) is 75.2 Å². The Balaban J connectivity index is 2.05. The molecular formula is C14H17F3N4O2. The van der Waals surface area contributed by atoms with E-state index in [1.54, 1.807) is 18.3 Å². The third-order valence-electron chi connectivity index (χ3n) is 3.18. The predicted octanol–water partition coefficient (Wildman–Crippen LogP) is 2.15. The highest BCUT2D eigenvalue weighted by Crippen LogP contribution is 2.34. The molecule has 0 unspecified atom stereocenters. The highest BCUT2D eigenvalue weighted by molar-refractivity contribution is 5.32. The number of nitrogens with zero attached hydrogens (tertiary/aromatic N) is 3. The molecule has 2 N–H and O–H groups in total. The van der Waals surface area contributed by atoms with Crippen molar-refractivity contribution in [1.82, 2.24) is 14.8 Å². The Morgan fingerprint density at radius 3 is 2.57 bits per heavy atom. The van der Waals surface area contributed by atoms with Crippen molar-refractivity contribution in [1.29, 1.82) is 0 Å². The molecule has 0 aliphatic heterocycles. The number of ether oxygens (including phenoxy) is 2. The van der Waals surface area contributed by atoms with Crippen LogP contribution in [0.4, 0.5) is 13.2 Å². The van der Waals surface area contributed by atoms with Crippen molar-refractivity contribution in [2.45, 2.75) is 26.2 Å². The second kappa shape index (κ2) is 6.86. The standard InChI is InChI=1S/C14H17F3N4O2/c1-9-12(14(15,16)17)20-21(13(9)22-2)5-6-23-11-4-3-10(7-18)8-19-11/h3-4,8H,5-7,18H2,1-2H3. The number of methoxy groups -OCH3 is 1. The number of alkyl halides is 3. The average molecular weight is 330 g/mol. The Kier molecular flexibility index (Phi) is 5.09. The van der Waals surface area contributed by atoms with E-state index in [2.05, 4.69) is 10.1 Å². The average Bonchev–Trinajstić information content (AvgIpc) is 2.84. The van der Waals surface area contributed by atoms with Crippen molar-refractivity contribution < 1.29 is 22.6 Å². The van der Waals surface area contributed by atoms with Crippen LogP contribution in [-0.4, -0.2) is 28.5 Å². The van der Waals surface area contributed by atoms with Crippen LogP contribution in [0.3, 0.4) is 0 Å². The Morgan fingerprint density at radius 1 is 1.30 bits per heavy atom. The van der Waals surface area contributed by atoms with Crippen molar-refractivity contribution in [2.24, 2.45) is 5.73 Å². The van der Waals surface area contributed by atoms with Gasteiger partial charge in [-0.05, 0) is 12.5 Å². The Labute approximate surface area is 131 Å². The maximum Gasteiger partial charge on any atom is 0.435 e. The third kappa shape index (κ3) is 3.92. The molecule has 9 heteroatoms. The van der Waals surface area contributed by atoms with Crippen LogP contribution < -0.4 is 15.2 Å². The van der Waals surface area contributed by atoms with Gasteiger partial charge in [-0.25, -0.2) is 9.67 Å². The fraction of sp³-hybridized carbons (Fsp3) is 0.429. The lowest BCUT2D eigenvalue weighted by molar-refractivity contribution is -0.142. The fourth-order valence-electron chi connectivity index (χ4n) is 2.07. The Morgan fingerprint density at radius 2 is 2.04 bits per heavy atom. The van der Waals surface area contributed by atoms with Crippen LogP contribution >= 0.6 is 0 Å². The van der Waals surface area contributed by atoms with Crippen LogP contribution in [0, 0.1) is 6.92 Å². The highest BCUT2D eigenvalue weighted by atomic mass is 19.4. The van der Waals surface area contributed by atoms with Crippen molar-refractivity contribution in [2.75, 3.05) is 13.7 Å². The van der Waals surface area contributed by atoms with Crippen LogP contribution in [0.25, 0.3) is 0 Å². The molecule has 0 fully saturated rings. The summed E-state index contributed by atoms with van der Waals surface area (Å²) in [5.74, 6) is 0.424. The number of hydrogen-bond acceptors (Lipinski definition) is 5. The van der Waals surface area contributed by atoms with Crippen LogP contribution in [0.15, 0.2) is 18.3 Å². The van der Waals surface area contributed by atoms with Gasteiger partial charge >= 0.3 is 6.18 Å². The number of hydrogen-bond donors (Lipinski definition) is 1. The lowest BCUT2D eigenvalue weighted by Gasteiger charge is -2.08. The molecule has 0 bridgehead atoms. The van der Waals surface area contributed by atoms with Crippen molar-refractivity contribution in [3.05, 3.63) is 35.2 Å². The molecule has 23 heavy (non-hydrogen) atoms. The molecule has 0 aliphatic carbocycles. The van der Waals surface area contributed by atoms with E-state index in [4.69, 9.17) is 15.2 Å². The number of halogens is 3. The second-order valence-corrected chi connectivity index (χ2v) is 4.76. The molecule has 2 aromatic heterocycles. The van der Waals surface area contributed by atoms with E-state index < -0.39 is 11.9 Å². The van der Waals surface area contributed by atoms with Gasteiger partial charge in [0.25, 0.3) is 0 Å². The first-order valence-electron chi connectivity index (χ1n) is 6.83. The van der Waals surface area contributed by atoms with Crippen molar-refractivity contribution >= 4 is 0 Å². The largest absolute Gasteiger partial charge is 0.481 e. The first kappa shape index (κ1) is 17.1. The predicted molar refractivity (Wildman–Crippen MR) is 76.1 cm³/mol. The van der Waals surface area contributed by atoms with Crippen LogP contribution in [0.2, 0.25) is 0 Å². The second-order valence-electron chi connectivity index (χ2n) is 4.76. The van der Waals surface area contributed by atoms with Gasteiger partial charge in [-0.1, -0.05) is 6.07 Å². The van der Waals surface area contributed by atoms with Gasteiger partial charge in [0.2, 0.25) is 11.8 Å². The summed E-state index contributed by atoms with van der Waals surface area (Å²) in [6, 6.07) is 3.41. The molecule has 0 aromatic carbocycles. The van der Waals surface area contributed by atoms with Crippen LogP contribution in [-0.2, 0) is 19.3 Å². The molecule has 0 spiro atoms. The summed E-state index contributed by atoms with van der Waals surface area (Å²) < 4.78 is 50.1. The van der Waals surface area contributed by atoms with Crippen molar-refractivity contribution in [3.63, 3.8) is 0 Å². The lowest BCUT2D eigenvalue weighted by Crippen LogP contribution is -2.13. The van der Waals surface area contributed by atoms with Gasteiger partial charge in [-0.3, -0.25) is 0 Å². The summed E-state index contributed by atoms with van der Waals surface area (Å²) in [7, 11) is 1.30. The summed E-state index contributed by atoms with van der Waals surface area (Å²) in [5, 5.41) is 3.56. The van der Waals surface area contributed by atoms with Crippen LogP contribution in [0.1, 0.15) is 16.8 Å². The van der Waals surface area contributed by atoms with Gasteiger partial charge in [-0.2, -0.15) is 18.3 Å². The molecule has 6 nitrogen and oxygen atoms in total. The van der Waals surface area contributed by atoms with E-state index >= 15 is 0 Å². The van der Waals surface area contributed by atoms with E-state index in [-0.39, 0.29) is 24.6 Å². The minimum absolute atomic E-state index is 0.0505. The smallest absolute Gasteiger partial charge is 0.435 e. The normalized spacial score (nSPS) is 11.6.